The molecule has 0 saturated heterocycles. The van der Waals surface area contributed by atoms with Crippen molar-refractivity contribution in [1.29, 1.82) is 0 Å². The summed E-state index contributed by atoms with van der Waals surface area (Å²) in [6.07, 6.45) is 0.951. The molecule has 1 amide bonds. The Morgan fingerprint density at radius 2 is 2.00 bits per heavy atom. The maximum atomic E-state index is 12.8. The van der Waals surface area contributed by atoms with Crippen LogP contribution in [0.5, 0.6) is 0 Å². The number of para-hydroxylation sites is 2. The van der Waals surface area contributed by atoms with Gasteiger partial charge in [0.2, 0.25) is 0 Å². The van der Waals surface area contributed by atoms with Crippen LogP contribution < -0.4 is 10.2 Å². The van der Waals surface area contributed by atoms with Gasteiger partial charge in [-0.05, 0) is 37.6 Å². The molecule has 0 spiro atoms. The lowest BCUT2D eigenvalue weighted by Crippen LogP contribution is -2.31. The number of hydrogen-bond acceptors (Lipinski definition) is 2. The topological polar surface area (TPSA) is 32.3 Å². The number of anilines is 2. The van der Waals surface area contributed by atoms with Crippen molar-refractivity contribution in [3.05, 3.63) is 59.7 Å². The molecule has 0 unspecified atom stereocenters. The van der Waals surface area contributed by atoms with E-state index in [2.05, 4.69) is 5.32 Å². The van der Waals surface area contributed by atoms with Gasteiger partial charge in [0.25, 0.3) is 5.91 Å². The summed E-state index contributed by atoms with van der Waals surface area (Å²) in [5.41, 5.74) is 3.86. The number of carbonyl (C=O) groups excluding carboxylic acids is 1. The molecule has 0 fully saturated rings. The number of benzene rings is 2. The van der Waals surface area contributed by atoms with E-state index in [-0.39, 0.29) is 5.91 Å². The third-order valence-electron chi connectivity index (χ3n) is 3.58. The van der Waals surface area contributed by atoms with E-state index in [1.165, 1.54) is 0 Å². The van der Waals surface area contributed by atoms with Crippen LogP contribution in [0, 0.1) is 6.92 Å². The Bertz CT molecular complexity index is 636. The molecule has 1 N–H and O–H groups in total. The lowest BCUT2D eigenvalue weighted by atomic mass is 10.1. The first-order chi connectivity index (χ1) is 9.75. The van der Waals surface area contributed by atoms with Gasteiger partial charge >= 0.3 is 0 Å². The van der Waals surface area contributed by atoms with E-state index < -0.39 is 0 Å². The van der Waals surface area contributed by atoms with Crippen molar-refractivity contribution >= 4 is 17.3 Å². The van der Waals surface area contributed by atoms with E-state index in [9.17, 15) is 4.79 Å². The Hall–Kier alpha value is -2.29. The molecule has 0 aromatic heterocycles. The molecule has 20 heavy (non-hydrogen) atoms. The average Bonchev–Trinajstić information content (AvgIpc) is 2.69. The molecule has 0 saturated carbocycles. The SMILES string of the molecule is Cc1cccc(C(=O)N2CCCNc3ccccc32)c1. The second kappa shape index (κ2) is 5.37. The molecular weight excluding hydrogens is 248 g/mol. The molecule has 1 aliphatic rings. The van der Waals surface area contributed by atoms with Gasteiger partial charge in [0.05, 0.1) is 11.4 Å². The monoisotopic (exact) mass is 266 g/mol. The maximum Gasteiger partial charge on any atom is 0.258 e. The van der Waals surface area contributed by atoms with Gasteiger partial charge in [0.15, 0.2) is 0 Å². The number of nitrogens with zero attached hydrogens (tertiary/aromatic N) is 1. The number of fused-ring (bicyclic) bond motifs is 1. The molecule has 3 heteroatoms. The molecule has 0 aliphatic carbocycles. The molecule has 0 bridgehead atoms. The third-order valence-corrected chi connectivity index (χ3v) is 3.58. The van der Waals surface area contributed by atoms with Crippen molar-refractivity contribution in [2.75, 3.05) is 23.3 Å². The fourth-order valence-corrected chi connectivity index (χ4v) is 2.58. The molecule has 2 aromatic rings. The van der Waals surface area contributed by atoms with E-state index in [1.807, 2.05) is 60.4 Å². The highest BCUT2D eigenvalue weighted by Crippen LogP contribution is 2.29. The predicted octanol–water partition coefficient (Wildman–Crippen LogP) is 3.46. The summed E-state index contributed by atoms with van der Waals surface area (Å²) < 4.78 is 0. The highest BCUT2D eigenvalue weighted by atomic mass is 16.2. The lowest BCUT2D eigenvalue weighted by Gasteiger charge is -2.22. The predicted molar refractivity (Wildman–Crippen MR) is 82.4 cm³/mol. The first-order valence-electron chi connectivity index (χ1n) is 6.97. The van der Waals surface area contributed by atoms with Gasteiger partial charge in [-0.1, -0.05) is 29.8 Å². The van der Waals surface area contributed by atoms with Gasteiger partial charge < -0.3 is 10.2 Å². The summed E-state index contributed by atoms with van der Waals surface area (Å²) >= 11 is 0. The highest BCUT2D eigenvalue weighted by Gasteiger charge is 2.21. The van der Waals surface area contributed by atoms with Gasteiger partial charge in [-0.25, -0.2) is 0 Å². The van der Waals surface area contributed by atoms with Crippen LogP contribution in [0.1, 0.15) is 22.3 Å². The third kappa shape index (κ3) is 2.39. The molecule has 1 aliphatic heterocycles. The largest absolute Gasteiger partial charge is 0.383 e. The lowest BCUT2D eigenvalue weighted by molar-refractivity contribution is 0.0987. The van der Waals surface area contributed by atoms with Crippen LogP contribution in [0.2, 0.25) is 0 Å². The Morgan fingerprint density at radius 3 is 2.85 bits per heavy atom. The van der Waals surface area contributed by atoms with Gasteiger partial charge in [0.1, 0.15) is 0 Å². The Labute approximate surface area is 119 Å². The normalized spacial score (nSPS) is 14.2. The number of amides is 1. The quantitative estimate of drug-likeness (QED) is 0.857. The van der Waals surface area contributed by atoms with Crippen molar-refractivity contribution in [2.45, 2.75) is 13.3 Å². The van der Waals surface area contributed by atoms with Gasteiger partial charge in [-0.3, -0.25) is 4.79 Å². The van der Waals surface area contributed by atoms with Crippen molar-refractivity contribution in [1.82, 2.24) is 0 Å². The first kappa shape index (κ1) is 12.7. The second-order valence-electron chi connectivity index (χ2n) is 5.12. The van der Waals surface area contributed by atoms with Crippen LogP contribution in [0.4, 0.5) is 11.4 Å². The first-order valence-corrected chi connectivity index (χ1v) is 6.97. The van der Waals surface area contributed by atoms with Crippen LogP contribution in [0.25, 0.3) is 0 Å². The van der Waals surface area contributed by atoms with Gasteiger partial charge in [-0.2, -0.15) is 0 Å². The second-order valence-corrected chi connectivity index (χ2v) is 5.12. The summed E-state index contributed by atoms with van der Waals surface area (Å²) in [7, 11) is 0. The van der Waals surface area contributed by atoms with Crippen molar-refractivity contribution in [3.63, 3.8) is 0 Å². The standard InChI is InChI=1S/C17H18N2O/c1-13-6-4-7-14(12-13)17(20)19-11-5-10-18-15-8-2-3-9-16(15)19/h2-4,6-9,12,18H,5,10-11H2,1H3. The maximum absolute atomic E-state index is 12.8. The van der Waals surface area contributed by atoms with Crippen LogP contribution >= 0.6 is 0 Å². The summed E-state index contributed by atoms with van der Waals surface area (Å²) in [6, 6.07) is 15.8. The summed E-state index contributed by atoms with van der Waals surface area (Å²) in [6.45, 7) is 3.65. The van der Waals surface area contributed by atoms with E-state index in [1.54, 1.807) is 0 Å². The van der Waals surface area contributed by atoms with E-state index in [0.29, 0.717) is 0 Å². The Balaban J connectivity index is 1.99. The van der Waals surface area contributed by atoms with Gasteiger partial charge in [-0.15, -0.1) is 0 Å². The van der Waals surface area contributed by atoms with Crippen molar-refractivity contribution in [3.8, 4) is 0 Å². The Kier molecular flexibility index (Phi) is 3.42. The number of nitrogens with one attached hydrogen (secondary N) is 1. The van der Waals surface area contributed by atoms with Crippen molar-refractivity contribution in [2.24, 2.45) is 0 Å². The minimum absolute atomic E-state index is 0.0739. The molecule has 3 nitrogen and oxygen atoms in total. The van der Waals surface area contributed by atoms with Crippen LogP contribution in [-0.2, 0) is 0 Å². The minimum atomic E-state index is 0.0739. The Morgan fingerprint density at radius 1 is 1.15 bits per heavy atom. The van der Waals surface area contributed by atoms with Crippen LogP contribution in [0.15, 0.2) is 48.5 Å². The van der Waals surface area contributed by atoms with E-state index in [4.69, 9.17) is 0 Å². The molecule has 3 rings (SSSR count). The zero-order valence-electron chi connectivity index (χ0n) is 11.6. The van der Waals surface area contributed by atoms with Crippen molar-refractivity contribution < 1.29 is 4.79 Å². The zero-order chi connectivity index (χ0) is 13.9. The number of rotatable bonds is 1. The number of hydrogen-bond donors (Lipinski definition) is 1. The molecule has 102 valence electrons. The highest BCUT2D eigenvalue weighted by molar-refractivity contribution is 6.08. The van der Waals surface area contributed by atoms with E-state index >= 15 is 0 Å². The summed E-state index contributed by atoms with van der Waals surface area (Å²) in [5, 5.41) is 3.38. The smallest absolute Gasteiger partial charge is 0.258 e. The average molecular weight is 266 g/mol. The van der Waals surface area contributed by atoms with Gasteiger partial charge in [0, 0.05) is 18.7 Å². The zero-order valence-corrected chi connectivity index (χ0v) is 11.6. The molecule has 0 radical (unpaired) electrons. The molecule has 1 heterocycles. The summed E-state index contributed by atoms with van der Waals surface area (Å²) in [4.78, 5) is 14.6. The number of aryl methyl sites for hydroxylation is 1. The summed E-state index contributed by atoms with van der Waals surface area (Å²) in [5.74, 6) is 0.0739. The number of carbonyl (C=O) groups is 1. The van der Waals surface area contributed by atoms with Crippen LogP contribution in [0.3, 0.4) is 0 Å². The molecule has 2 aromatic carbocycles. The molecular formula is C17H18N2O. The van der Waals surface area contributed by atoms with E-state index in [0.717, 1.165) is 42.0 Å². The fourth-order valence-electron chi connectivity index (χ4n) is 2.58. The minimum Gasteiger partial charge on any atom is -0.383 e. The fraction of sp³-hybridized carbons (Fsp3) is 0.235. The van der Waals surface area contributed by atoms with Crippen LogP contribution in [-0.4, -0.2) is 19.0 Å². The molecule has 0 atom stereocenters.